The Morgan fingerprint density at radius 2 is 1.64 bits per heavy atom. The lowest BCUT2D eigenvalue weighted by atomic mass is 10.1. The molecule has 2 saturated heterocycles. The van der Waals surface area contributed by atoms with Gasteiger partial charge in [-0.05, 0) is 6.07 Å². The molecule has 3 aromatic rings. The van der Waals surface area contributed by atoms with E-state index in [1.807, 2.05) is 0 Å². The van der Waals surface area contributed by atoms with E-state index in [0.717, 1.165) is 6.33 Å². The predicted octanol–water partition coefficient (Wildman–Crippen LogP) is -4.28. The number of nitrogens with zero attached hydrogens (tertiary/aromatic N) is 5. The van der Waals surface area contributed by atoms with Crippen LogP contribution < -0.4 is 25.8 Å². The zero-order chi connectivity index (χ0) is 32.0. The Balaban J connectivity index is 1.16. The number of ether oxygens (including phenoxy) is 2. The fourth-order valence-corrected chi connectivity index (χ4v) is 6.58. The predicted molar refractivity (Wildman–Crippen MR) is 135 cm³/mol. The number of anilines is 1. The van der Waals surface area contributed by atoms with E-state index in [-0.39, 0.29) is 22.5 Å². The normalized spacial score (nSPS) is 31.6. The maximum Gasteiger partial charge on any atom is 0.292 e. The smallest absolute Gasteiger partial charge is 0.292 e. The summed E-state index contributed by atoms with van der Waals surface area (Å²) >= 11 is 0. The van der Waals surface area contributed by atoms with Gasteiger partial charge in [0.15, 0.2) is 36.2 Å². The van der Waals surface area contributed by atoms with Gasteiger partial charge in [-0.15, -0.1) is 0 Å². The number of aliphatic hydroxyl groups excluding tert-OH is 4. The number of imidazole rings is 1. The SMILES string of the molecule is NC(=O)c1ccc[n+](C2OC(COP(=O)([O-])OP(=O)([O-])OCC3OC(n4cnc5c(N)ncnc54)C(O)C3O)C(O)C2O)c1. The molecule has 2 fully saturated rings. The lowest BCUT2D eigenvalue weighted by Crippen LogP contribution is -2.46. The van der Waals surface area contributed by atoms with E-state index >= 15 is 0 Å². The second-order valence-corrected chi connectivity index (χ2v) is 12.6. The zero-order valence-corrected chi connectivity index (χ0v) is 23.9. The van der Waals surface area contributed by atoms with E-state index in [1.54, 1.807) is 0 Å². The summed E-state index contributed by atoms with van der Waals surface area (Å²) in [6, 6.07) is 2.80. The number of hydrogen-bond donors (Lipinski definition) is 6. The third-order valence-electron chi connectivity index (χ3n) is 6.73. The average molecular weight is 662 g/mol. The number of phosphoric ester groups is 2. The lowest BCUT2D eigenvalue weighted by molar-refractivity contribution is -0.765. The molecule has 0 aliphatic carbocycles. The first kappa shape index (κ1) is 32.4. The number of aromatic nitrogens is 5. The van der Waals surface area contributed by atoms with E-state index in [2.05, 4.69) is 28.3 Å². The molecular weight excluding hydrogens is 636 g/mol. The quantitative estimate of drug-likeness (QED) is 0.0835. The summed E-state index contributed by atoms with van der Waals surface area (Å²) in [7, 11) is -11.4. The number of rotatable bonds is 11. The molecule has 240 valence electrons. The van der Waals surface area contributed by atoms with Crippen LogP contribution >= 0.6 is 15.6 Å². The van der Waals surface area contributed by atoms with Crippen LogP contribution in [0.1, 0.15) is 22.8 Å². The summed E-state index contributed by atoms with van der Waals surface area (Å²) in [4.78, 5) is 47.8. The van der Waals surface area contributed by atoms with Crippen molar-refractivity contribution in [2.75, 3.05) is 18.9 Å². The molecule has 8 N–H and O–H groups in total. The van der Waals surface area contributed by atoms with Gasteiger partial charge in [-0.1, -0.05) is 0 Å². The van der Waals surface area contributed by atoms with Crippen molar-refractivity contribution in [2.45, 2.75) is 49.1 Å². The molecule has 0 radical (unpaired) electrons. The fraction of sp³-hybridized carbons (Fsp3) is 0.476. The summed E-state index contributed by atoms with van der Waals surface area (Å²) in [6.45, 7) is -1.98. The van der Waals surface area contributed by atoms with Crippen LogP contribution in [0.5, 0.6) is 0 Å². The van der Waals surface area contributed by atoms with E-state index in [0.29, 0.717) is 0 Å². The molecule has 3 aromatic heterocycles. The van der Waals surface area contributed by atoms with Gasteiger partial charge >= 0.3 is 0 Å². The van der Waals surface area contributed by atoms with Gasteiger partial charge in [-0.25, -0.2) is 19.3 Å². The van der Waals surface area contributed by atoms with Crippen LogP contribution in [0.15, 0.2) is 37.2 Å². The number of carbonyl (C=O) groups is 1. The number of phosphoric acid groups is 2. The molecule has 21 nitrogen and oxygen atoms in total. The standard InChI is InChI=1S/C21H27N7O14P2/c22-17-12-19(25-7-24-17)28(8-26-12)21-16(32)14(30)11(41-21)6-39-44(36,37)42-43(34,35)38-5-10-13(29)15(31)20(40-10)27-3-1-2-9(4-27)18(23)33/h1-4,7-8,10-11,13-16,20-21,29-32H,5-6H2,(H5-,22,23,24,25,33,34,35,36,37)/p-1. The van der Waals surface area contributed by atoms with Gasteiger partial charge in [0.2, 0.25) is 0 Å². The molecule has 5 heterocycles. The molecule has 44 heavy (non-hydrogen) atoms. The Kier molecular flexibility index (Phi) is 9.13. The first-order valence-electron chi connectivity index (χ1n) is 12.6. The van der Waals surface area contributed by atoms with E-state index in [9.17, 15) is 44.1 Å². The van der Waals surface area contributed by atoms with Crippen LogP contribution in [0.25, 0.3) is 11.2 Å². The number of aliphatic hydroxyl groups is 4. The highest BCUT2D eigenvalue weighted by Crippen LogP contribution is 2.56. The van der Waals surface area contributed by atoms with Gasteiger partial charge < -0.3 is 60.2 Å². The molecule has 2 aliphatic heterocycles. The van der Waals surface area contributed by atoms with Crippen molar-refractivity contribution in [1.82, 2.24) is 19.5 Å². The highest BCUT2D eigenvalue weighted by molar-refractivity contribution is 7.59. The van der Waals surface area contributed by atoms with Crippen molar-refractivity contribution in [2.24, 2.45) is 5.73 Å². The maximum absolute atomic E-state index is 12.3. The largest absolute Gasteiger partial charge is 0.756 e. The molecule has 0 spiro atoms. The molecule has 0 aromatic carbocycles. The number of hydrogen-bond acceptors (Lipinski definition) is 18. The first-order valence-corrected chi connectivity index (χ1v) is 15.5. The monoisotopic (exact) mass is 662 g/mol. The van der Waals surface area contributed by atoms with Crippen LogP contribution in [0, 0.1) is 0 Å². The molecular formula is C21H26N7O14P2-. The fourth-order valence-electron chi connectivity index (χ4n) is 4.56. The molecule has 10 atom stereocenters. The van der Waals surface area contributed by atoms with Gasteiger partial charge in [0.05, 0.1) is 19.5 Å². The Labute approximate surface area is 246 Å². The number of pyridine rings is 1. The minimum atomic E-state index is -5.68. The molecule has 5 rings (SSSR count). The van der Waals surface area contributed by atoms with Gasteiger partial charge in [0, 0.05) is 6.07 Å². The summed E-state index contributed by atoms with van der Waals surface area (Å²) in [5.74, 6) is -0.743. The zero-order valence-electron chi connectivity index (χ0n) is 22.2. The summed E-state index contributed by atoms with van der Waals surface area (Å²) < 4.78 is 51.1. The molecule has 23 heteroatoms. The van der Waals surface area contributed by atoms with Crippen LogP contribution in [0.4, 0.5) is 5.82 Å². The van der Waals surface area contributed by atoms with Crippen molar-refractivity contribution in [3.63, 3.8) is 0 Å². The molecule has 1 amide bonds. The number of carbonyl (C=O) groups excluding carboxylic acids is 1. The first-order chi connectivity index (χ1) is 20.7. The highest BCUT2D eigenvalue weighted by Gasteiger charge is 2.49. The molecule has 0 bridgehead atoms. The Bertz CT molecular complexity index is 1630. The minimum Gasteiger partial charge on any atom is -0.756 e. The van der Waals surface area contributed by atoms with Crippen molar-refractivity contribution >= 4 is 38.5 Å². The van der Waals surface area contributed by atoms with Gasteiger partial charge in [-0.3, -0.25) is 18.5 Å². The third kappa shape index (κ3) is 6.65. The van der Waals surface area contributed by atoms with Crippen molar-refractivity contribution in [3.05, 3.63) is 42.7 Å². The van der Waals surface area contributed by atoms with Crippen molar-refractivity contribution in [3.8, 4) is 0 Å². The van der Waals surface area contributed by atoms with Crippen molar-refractivity contribution in [1.29, 1.82) is 0 Å². The lowest BCUT2D eigenvalue weighted by Gasteiger charge is -2.31. The summed E-state index contributed by atoms with van der Waals surface area (Å²) in [6.07, 6.45) is -7.26. The number of fused-ring (bicyclic) bond motifs is 1. The second kappa shape index (κ2) is 12.4. The number of nitrogens with two attached hydrogens (primary N) is 2. The van der Waals surface area contributed by atoms with Crippen LogP contribution in [-0.4, -0.2) is 95.7 Å². The van der Waals surface area contributed by atoms with Gasteiger partial charge in [0.25, 0.3) is 27.8 Å². The number of nitrogen functional groups attached to an aromatic ring is 1. The van der Waals surface area contributed by atoms with Crippen LogP contribution in [0.3, 0.4) is 0 Å². The Morgan fingerprint density at radius 3 is 2.30 bits per heavy atom. The van der Waals surface area contributed by atoms with E-state index in [4.69, 9.17) is 20.9 Å². The van der Waals surface area contributed by atoms with Crippen LogP contribution in [-0.2, 0) is 32.0 Å². The van der Waals surface area contributed by atoms with E-state index < -0.39 is 83.8 Å². The van der Waals surface area contributed by atoms with Gasteiger partial charge in [-0.2, -0.15) is 4.57 Å². The average Bonchev–Trinajstić information content (AvgIpc) is 3.61. The second-order valence-electron chi connectivity index (χ2n) is 9.65. The van der Waals surface area contributed by atoms with Gasteiger partial charge in [0.1, 0.15) is 47.9 Å². The maximum atomic E-state index is 12.3. The molecule has 2 aliphatic rings. The summed E-state index contributed by atoms with van der Waals surface area (Å²) in [5.41, 5.74) is 11.3. The Morgan fingerprint density at radius 1 is 1.00 bits per heavy atom. The Hall–Kier alpha value is -3.01. The number of primary amides is 1. The van der Waals surface area contributed by atoms with Crippen LogP contribution in [0.2, 0.25) is 0 Å². The van der Waals surface area contributed by atoms with Crippen molar-refractivity contribution < 1.29 is 71.5 Å². The van der Waals surface area contributed by atoms with E-state index in [1.165, 1.54) is 40.0 Å². The minimum absolute atomic E-state index is 0.0363. The molecule has 10 unspecified atom stereocenters. The number of amides is 1. The highest BCUT2D eigenvalue weighted by atomic mass is 31.3. The summed E-state index contributed by atoms with van der Waals surface area (Å²) in [5, 5.41) is 41.5. The molecule has 0 saturated carbocycles. The third-order valence-corrected chi connectivity index (χ3v) is 9.26. The topological polar surface area (TPSA) is 324 Å².